The number of halogens is 1. The summed E-state index contributed by atoms with van der Waals surface area (Å²) in [6, 6.07) is 7.16. The second-order valence-electron chi connectivity index (χ2n) is 5.04. The Labute approximate surface area is 102 Å². The third-order valence-electron chi connectivity index (χ3n) is 2.77. The van der Waals surface area contributed by atoms with E-state index in [2.05, 4.69) is 26.1 Å². The topological polar surface area (TPSA) is 29.1 Å². The number of hydrogen-bond donors (Lipinski definition) is 1. The SMILES string of the molecule is C[C@H](NC(=O)c1ccccc1Cl)C(C)(C)C. The summed E-state index contributed by atoms with van der Waals surface area (Å²) in [6.07, 6.45) is 0. The summed E-state index contributed by atoms with van der Waals surface area (Å²) in [7, 11) is 0. The summed E-state index contributed by atoms with van der Waals surface area (Å²) < 4.78 is 0. The fourth-order valence-corrected chi connectivity index (χ4v) is 1.36. The maximum Gasteiger partial charge on any atom is 0.253 e. The van der Waals surface area contributed by atoms with Crippen molar-refractivity contribution in [1.82, 2.24) is 5.32 Å². The lowest BCUT2D eigenvalue weighted by atomic mass is 9.88. The number of amides is 1. The molecule has 0 aromatic heterocycles. The zero-order valence-corrected chi connectivity index (χ0v) is 10.9. The van der Waals surface area contributed by atoms with Crippen LogP contribution >= 0.6 is 11.6 Å². The van der Waals surface area contributed by atoms with Crippen molar-refractivity contribution in [1.29, 1.82) is 0 Å². The molecule has 0 saturated heterocycles. The summed E-state index contributed by atoms with van der Waals surface area (Å²) in [6.45, 7) is 8.26. The van der Waals surface area contributed by atoms with Crippen LogP contribution in [0.4, 0.5) is 0 Å². The van der Waals surface area contributed by atoms with Crippen molar-refractivity contribution in [3.05, 3.63) is 34.9 Å². The Morgan fingerprint density at radius 2 is 1.88 bits per heavy atom. The molecule has 0 spiro atoms. The van der Waals surface area contributed by atoms with Gasteiger partial charge >= 0.3 is 0 Å². The quantitative estimate of drug-likeness (QED) is 0.841. The second kappa shape index (κ2) is 4.88. The molecule has 1 rings (SSSR count). The molecule has 0 aliphatic rings. The number of rotatable bonds is 2. The van der Waals surface area contributed by atoms with Gasteiger partial charge in [-0.2, -0.15) is 0 Å². The minimum Gasteiger partial charge on any atom is -0.349 e. The molecule has 0 radical (unpaired) electrons. The van der Waals surface area contributed by atoms with Crippen LogP contribution in [0.25, 0.3) is 0 Å². The predicted molar refractivity (Wildman–Crippen MR) is 67.8 cm³/mol. The van der Waals surface area contributed by atoms with Gasteiger partial charge in [0.1, 0.15) is 0 Å². The Morgan fingerprint density at radius 1 is 1.31 bits per heavy atom. The maximum absolute atomic E-state index is 11.9. The van der Waals surface area contributed by atoms with E-state index in [9.17, 15) is 4.79 Å². The predicted octanol–water partition coefficient (Wildman–Crippen LogP) is 3.50. The van der Waals surface area contributed by atoms with Gasteiger partial charge in [-0.1, -0.05) is 44.5 Å². The molecule has 0 aliphatic heterocycles. The fourth-order valence-electron chi connectivity index (χ4n) is 1.14. The summed E-state index contributed by atoms with van der Waals surface area (Å²) >= 11 is 5.96. The highest BCUT2D eigenvalue weighted by Gasteiger charge is 2.22. The molecule has 1 aromatic carbocycles. The molecule has 1 amide bonds. The number of carbonyl (C=O) groups excluding carboxylic acids is 1. The van der Waals surface area contributed by atoms with Crippen LogP contribution in [0.3, 0.4) is 0 Å². The second-order valence-corrected chi connectivity index (χ2v) is 5.45. The maximum atomic E-state index is 11.9. The third-order valence-corrected chi connectivity index (χ3v) is 3.09. The van der Waals surface area contributed by atoms with E-state index < -0.39 is 0 Å². The smallest absolute Gasteiger partial charge is 0.253 e. The molecule has 1 atom stereocenters. The van der Waals surface area contributed by atoms with Crippen molar-refractivity contribution < 1.29 is 4.79 Å². The van der Waals surface area contributed by atoms with Gasteiger partial charge in [0, 0.05) is 6.04 Å². The van der Waals surface area contributed by atoms with Crippen molar-refractivity contribution in [3.8, 4) is 0 Å². The Morgan fingerprint density at radius 3 is 2.38 bits per heavy atom. The summed E-state index contributed by atoms with van der Waals surface area (Å²) in [4.78, 5) is 11.9. The average molecular weight is 240 g/mol. The lowest BCUT2D eigenvalue weighted by Gasteiger charge is -2.28. The zero-order valence-electron chi connectivity index (χ0n) is 10.2. The molecule has 3 heteroatoms. The minimum atomic E-state index is -0.118. The molecule has 0 fully saturated rings. The van der Waals surface area contributed by atoms with E-state index in [1.807, 2.05) is 19.1 Å². The van der Waals surface area contributed by atoms with E-state index in [1.54, 1.807) is 12.1 Å². The highest BCUT2D eigenvalue weighted by atomic mass is 35.5. The monoisotopic (exact) mass is 239 g/mol. The first-order valence-corrected chi connectivity index (χ1v) is 5.75. The largest absolute Gasteiger partial charge is 0.349 e. The van der Waals surface area contributed by atoms with E-state index in [4.69, 9.17) is 11.6 Å². The Hall–Kier alpha value is -1.02. The molecule has 16 heavy (non-hydrogen) atoms. The first kappa shape index (κ1) is 13.0. The lowest BCUT2D eigenvalue weighted by molar-refractivity contribution is 0.0910. The van der Waals surface area contributed by atoms with Crippen LogP contribution in [0.15, 0.2) is 24.3 Å². The van der Waals surface area contributed by atoms with Crippen molar-refractivity contribution >= 4 is 17.5 Å². The van der Waals surface area contributed by atoms with Gasteiger partial charge in [-0.05, 0) is 24.5 Å². The number of benzene rings is 1. The van der Waals surface area contributed by atoms with E-state index in [0.29, 0.717) is 10.6 Å². The van der Waals surface area contributed by atoms with E-state index in [-0.39, 0.29) is 17.4 Å². The van der Waals surface area contributed by atoms with Crippen molar-refractivity contribution in [2.45, 2.75) is 33.7 Å². The summed E-state index contributed by atoms with van der Waals surface area (Å²) in [5, 5.41) is 3.44. The number of nitrogens with one attached hydrogen (secondary N) is 1. The standard InChI is InChI=1S/C13H18ClNO/c1-9(13(2,3)4)15-12(16)10-7-5-6-8-11(10)14/h5-9H,1-4H3,(H,15,16)/t9-/m0/s1. The molecule has 0 unspecified atom stereocenters. The van der Waals surface area contributed by atoms with Gasteiger partial charge in [-0.15, -0.1) is 0 Å². The molecular weight excluding hydrogens is 222 g/mol. The van der Waals surface area contributed by atoms with Crippen molar-refractivity contribution in [3.63, 3.8) is 0 Å². The van der Waals surface area contributed by atoms with E-state index in [1.165, 1.54) is 0 Å². The first-order valence-electron chi connectivity index (χ1n) is 5.38. The van der Waals surface area contributed by atoms with Gasteiger partial charge in [0.15, 0.2) is 0 Å². The van der Waals surface area contributed by atoms with Crippen LogP contribution in [0, 0.1) is 5.41 Å². The number of hydrogen-bond acceptors (Lipinski definition) is 1. The zero-order chi connectivity index (χ0) is 12.3. The van der Waals surface area contributed by atoms with Crippen LogP contribution < -0.4 is 5.32 Å². The van der Waals surface area contributed by atoms with Crippen LogP contribution in [-0.2, 0) is 0 Å². The molecule has 0 bridgehead atoms. The molecule has 0 heterocycles. The third kappa shape index (κ3) is 3.24. The normalized spacial score (nSPS) is 13.3. The highest BCUT2D eigenvalue weighted by Crippen LogP contribution is 2.20. The molecule has 0 aliphatic carbocycles. The van der Waals surface area contributed by atoms with Gasteiger partial charge in [-0.25, -0.2) is 0 Å². The molecular formula is C13H18ClNO. The lowest BCUT2D eigenvalue weighted by Crippen LogP contribution is -2.41. The van der Waals surface area contributed by atoms with Crippen LogP contribution in [0.2, 0.25) is 5.02 Å². The van der Waals surface area contributed by atoms with E-state index >= 15 is 0 Å². The Bertz CT molecular complexity index is 382. The van der Waals surface area contributed by atoms with Crippen LogP contribution in [0.5, 0.6) is 0 Å². The Balaban J connectivity index is 2.78. The molecule has 1 N–H and O–H groups in total. The van der Waals surface area contributed by atoms with Gasteiger partial charge < -0.3 is 5.32 Å². The van der Waals surface area contributed by atoms with Crippen molar-refractivity contribution in [2.75, 3.05) is 0 Å². The minimum absolute atomic E-state index is 0.0386. The number of carbonyl (C=O) groups is 1. The van der Waals surface area contributed by atoms with Crippen molar-refractivity contribution in [2.24, 2.45) is 5.41 Å². The molecule has 0 saturated carbocycles. The molecule has 88 valence electrons. The van der Waals surface area contributed by atoms with Crippen LogP contribution in [-0.4, -0.2) is 11.9 Å². The van der Waals surface area contributed by atoms with E-state index in [0.717, 1.165) is 0 Å². The van der Waals surface area contributed by atoms with Gasteiger partial charge in [0.05, 0.1) is 10.6 Å². The summed E-state index contributed by atoms with van der Waals surface area (Å²) in [5.41, 5.74) is 0.567. The van der Waals surface area contributed by atoms with Gasteiger partial charge in [-0.3, -0.25) is 4.79 Å². The summed E-state index contributed by atoms with van der Waals surface area (Å²) in [5.74, 6) is -0.118. The van der Waals surface area contributed by atoms with Gasteiger partial charge in [0.25, 0.3) is 5.91 Å². The first-order chi connectivity index (χ1) is 7.32. The average Bonchev–Trinajstić information content (AvgIpc) is 2.16. The van der Waals surface area contributed by atoms with Crippen LogP contribution in [0.1, 0.15) is 38.1 Å². The Kier molecular flexibility index (Phi) is 3.98. The highest BCUT2D eigenvalue weighted by molar-refractivity contribution is 6.33. The molecule has 1 aromatic rings. The van der Waals surface area contributed by atoms with Gasteiger partial charge in [0.2, 0.25) is 0 Å². The fraction of sp³-hybridized carbons (Fsp3) is 0.462. The molecule has 2 nitrogen and oxygen atoms in total.